The van der Waals surface area contributed by atoms with Crippen molar-refractivity contribution in [2.45, 2.75) is 31.7 Å². The minimum atomic E-state index is 0.0506. The molecule has 1 N–H and O–H groups in total. The molecule has 0 bridgehead atoms. The lowest BCUT2D eigenvalue weighted by molar-refractivity contribution is 0.208. The van der Waals surface area contributed by atoms with Gasteiger partial charge in [0, 0.05) is 0 Å². The summed E-state index contributed by atoms with van der Waals surface area (Å²) in [4.78, 5) is 2.39. The summed E-state index contributed by atoms with van der Waals surface area (Å²) >= 11 is 0. The van der Waals surface area contributed by atoms with Gasteiger partial charge in [-0.15, -0.1) is 0 Å². The predicted octanol–water partition coefficient (Wildman–Crippen LogP) is 1.22. The third-order valence-electron chi connectivity index (χ3n) is 3.21. The molecule has 1 rings (SSSR count). The molecule has 1 fully saturated rings. The molecular weight excluding hydrogens is 174 g/mol. The molecular formula is C11H21N3. The van der Waals surface area contributed by atoms with Crippen LogP contribution in [0.2, 0.25) is 0 Å². The van der Waals surface area contributed by atoms with Crippen molar-refractivity contribution in [2.75, 3.05) is 27.2 Å². The zero-order chi connectivity index (χ0) is 10.4. The molecule has 3 heteroatoms. The highest BCUT2D eigenvalue weighted by Gasteiger charge is 2.17. The van der Waals surface area contributed by atoms with Gasteiger partial charge < -0.3 is 10.2 Å². The number of hydrogen-bond donors (Lipinski definition) is 1. The Bertz CT molecular complexity index is 189. The standard InChI is InChI=1S/C11H21N3/c1-13-11(9-12)4-3-10-5-7-14(2)8-6-10/h10-11,13H,3-8H2,1-2H3. The van der Waals surface area contributed by atoms with Gasteiger partial charge in [-0.2, -0.15) is 5.26 Å². The predicted molar refractivity (Wildman–Crippen MR) is 57.9 cm³/mol. The summed E-state index contributed by atoms with van der Waals surface area (Å²) in [5.74, 6) is 0.843. The Balaban J connectivity index is 2.16. The Kier molecular flexibility index (Phi) is 4.92. The van der Waals surface area contributed by atoms with Crippen molar-refractivity contribution in [2.24, 2.45) is 5.92 Å². The Hall–Kier alpha value is -0.590. The van der Waals surface area contributed by atoms with E-state index in [1.807, 2.05) is 7.05 Å². The van der Waals surface area contributed by atoms with E-state index in [0.717, 1.165) is 12.3 Å². The second-order valence-electron chi connectivity index (χ2n) is 4.29. The van der Waals surface area contributed by atoms with Crippen LogP contribution in [0.1, 0.15) is 25.7 Å². The van der Waals surface area contributed by atoms with Gasteiger partial charge >= 0.3 is 0 Å². The van der Waals surface area contributed by atoms with Crippen LogP contribution in [0.25, 0.3) is 0 Å². The molecule has 1 aliphatic heterocycles. The minimum Gasteiger partial charge on any atom is -0.306 e. The summed E-state index contributed by atoms with van der Waals surface area (Å²) in [6, 6.07) is 2.33. The van der Waals surface area contributed by atoms with Gasteiger partial charge in [0.15, 0.2) is 0 Å². The van der Waals surface area contributed by atoms with Crippen LogP contribution in [-0.4, -0.2) is 38.1 Å². The number of rotatable bonds is 4. The minimum absolute atomic E-state index is 0.0506. The van der Waals surface area contributed by atoms with E-state index in [1.165, 1.54) is 32.4 Å². The fourth-order valence-electron chi connectivity index (χ4n) is 2.03. The number of nitriles is 1. The Morgan fingerprint density at radius 1 is 1.50 bits per heavy atom. The lowest BCUT2D eigenvalue weighted by Gasteiger charge is -2.29. The molecule has 1 unspecified atom stereocenters. The molecule has 1 heterocycles. The van der Waals surface area contributed by atoms with Crippen LogP contribution in [0.3, 0.4) is 0 Å². The summed E-state index contributed by atoms with van der Waals surface area (Å²) in [5, 5.41) is 11.8. The molecule has 14 heavy (non-hydrogen) atoms. The van der Waals surface area contributed by atoms with E-state index in [4.69, 9.17) is 5.26 Å². The first kappa shape index (κ1) is 11.5. The molecule has 1 atom stereocenters. The highest BCUT2D eigenvalue weighted by Crippen LogP contribution is 2.21. The molecule has 0 aromatic carbocycles. The maximum absolute atomic E-state index is 8.78. The summed E-state index contributed by atoms with van der Waals surface area (Å²) in [7, 11) is 4.05. The van der Waals surface area contributed by atoms with E-state index in [9.17, 15) is 0 Å². The maximum Gasteiger partial charge on any atom is 0.0950 e. The molecule has 1 saturated heterocycles. The van der Waals surface area contributed by atoms with Crippen LogP contribution in [0.15, 0.2) is 0 Å². The molecule has 1 aliphatic rings. The van der Waals surface area contributed by atoms with Gasteiger partial charge in [0.1, 0.15) is 0 Å². The van der Waals surface area contributed by atoms with Crippen molar-refractivity contribution in [1.29, 1.82) is 5.26 Å². The Morgan fingerprint density at radius 3 is 2.64 bits per heavy atom. The fourth-order valence-corrected chi connectivity index (χ4v) is 2.03. The molecule has 0 aliphatic carbocycles. The van der Waals surface area contributed by atoms with E-state index in [-0.39, 0.29) is 6.04 Å². The smallest absolute Gasteiger partial charge is 0.0950 e. The van der Waals surface area contributed by atoms with Gasteiger partial charge in [0.05, 0.1) is 12.1 Å². The summed E-state index contributed by atoms with van der Waals surface area (Å²) in [6.45, 7) is 2.45. The van der Waals surface area contributed by atoms with Crippen LogP contribution < -0.4 is 5.32 Å². The highest BCUT2D eigenvalue weighted by atomic mass is 15.1. The van der Waals surface area contributed by atoms with Crippen molar-refractivity contribution in [3.05, 3.63) is 0 Å². The van der Waals surface area contributed by atoms with Gasteiger partial charge in [0.2, 0.25) is 0 Å². The van der Waals surface area contributed by atoms with Gasteiger partial charge in [-0.1, -0.05) is 0 Å². The van der Waals surface area contributed by atoms with Crippen LogP contribution in [0.5, 0.6) is 0 Å². The van der Waals surface area contributed by atoms with Crippen molar-refractivity contribution in [1.82, 2.24) is 10.2 Å². The van der Waals surface area contributed by atoms with Crippen molar-refractivity contribution in [3.63, 3.8) is 0 Å². The summed E-state index contributed by atoms with van der Waals surface area (Å²) < 4.78 is 0. The molecule has 0 spiro atoms. The van der Waals surface area contributed by atoms with E-state index >= 15 is 0 Å². The largest absolute Gasteiger partial charge is 0.306 e. The molecule has 80 valence electrons. The van der Waals surface area contributed by atoms with Crippen LogP contribution in [-0.2, 0) is 0 Å². The highest BCUT2D eigenvalue weighted by molar-refractivity contribution is 4.89. The zero-order valence-corrected chi connectivity index (χ0v) is 9.29. The van der Waals surface area contributed by atoms with Gasteiger partial charge in [-0.25, -0.2) is 0 Å². The van der Waals surface area contributed by atoms with E-state index in [0.29, 0.717) is 0 Å². The third-order valence-corrected chi connectivity index (χ3v) is 3.21. The van der Waals surface area contributed by atoms with Crippen molar-refractivity contribution < 1.29 is 0 Å². The normalized spacial score (nSPS) is 21.8. The third kappa shape index (κ3) is 3.65. The first-order valence-corrected chi connectivity index (χ1v) is 5.51. The van der Waals surface area contributed by atoms with Gasteiger partial charge in [-0.05, 0) is 58.8 Å². The van der Waals surface area contributed by atoms with Crippen molar-refractivity contribution in [3.8, 4) is 6.07 Å². The van der Waals surface area contributed by atoms with Crippen LogP contribution in [0.4, 0.5) is 0 Å². The molecule has 0 aromatic rings. The average Bonchev–Trinajstić information content (AvgIpc) is 2.22. The molecule has 0 amide bonds. The van der Waals surface area contributed by atoms with Gasteiger partial charge in [-0.3, -0.25) is 0 Å². The number of nitrogens with zero attached hydrogens (tertiary/aromatic N) is 2. The molecule has 0 radical (unpaired) electrons. The number of likely N-dealkylation sites (tertiary alicyclic amines) is 1. The first-order chi connectivity index (χ1) is 6.76. The van der Waals surface area contributed by atoms with Crippen LogP contribution >= 0.6 is 0 Å². The van der Waals surface area contributed by atoms with Crippen molar-refractivity contribution >= 4 is 0 Å². The Labute approximate surface area is 87.1 Å². The average molecular weight is 195 g/mol. The van der Waals surface area contributed by atoms with E-state index in [2.05, 4.69) is 23.3 Å². The Morgan fingerprint density at radius 2 is 2.14 bits per heavy atom. The molecule has 0 saturated carbocycles. The summed E-state index contributed by atoms with van der Waals surface area (Å²) in [5.41, 5.74) is 0. The monoisotopic (exact) mass is 195 g/mol. The number of piperidine rings is 1. The second-order valence-corrected chi connectivity index (χ2v) is 4.29. The fraction of sp³-hybridized carbons (Fsp3) is 0.909. The summed E-state index contributed by atoms with van der Waals surface area (Å²) in [6.07, 6.45) is 4.81. The zero-order valence-electron chi connectivity index (χ0n) is 9.29. The lowest BCUT2D eigenvalue weighted by atomic mass is 9.91. The van der Waals surface area contributed by atoms with E-state index in [1.54, 1.807) is 0 Å². The number of nitrogens with one attached hydrogen (secondary N) is 1. The quantitative estimate of drug-likeness (QED) is 0.733. The lowest BCUT2D eigenvalue weighted by Crippen LogP contribution is -2.31. The van der Waals surface area contributed by atoms with E-state index < -0.39 is 0 Å². The first-order valence-electron chi connectivity index (χ1n) is 5.51. The second kappa shape index (κ2) is 6.00. The SMILES string of the molecule is CNC(C#N)CCC1CCN(C)CC1. The topological polar surface area (TPSA) is 39.1 Å². The van der Waals surface area contributed by atoms with Crippen LogP contribution in [0, 0.1) is 17.2 Å². The number of hydrogen-bond acceptors (Lipinski definition) is 3. The molecule has 0 aromatic heterocycles. The molecule has 3 nitrogen and oxygen atoms in total. The maximum atomic E-state index is 8.78. The van der Waals surface area contributed by atoms with Gasteiger partial charge in [0.25, 0.3) is 0 Å².